The fourth-order valence-corrected chi connectivity index (χ4v) is 5.08. The molecule has 184 valence electrons. The highest BCUT2D eigenvalue weighted by atomic mass is 19.4. The molecule has 0 N–H and O–H groups in total. The summed E-state index contributed by atoms with van der Waals surface area (Å²) in [5.74, 6) is -0.00238. The van der Waals surface area contributed by atoms with Crippen LogP contribution in [0.4, 0.5) is 13.2 Å². The number of alkyl halides is 3. The molecular weight excluding hydrogens is 437 g/mol. The van der Waals surface area contributed by atoms with Gasteiger partial charge in [0.15, 0.2) is 0 Å². The van der Waals surface area contributed by atoms with Gasteiger partial charge in [-0.2, -0.15) is 13.2 Å². The summed E-state index contributed by atoms with van der Waals surface area (Å²) in [7, 11) is 0. The zero-order valence-corrected chi connectivity index (χ0v) is 20.3. The van der Waals surface area contributed by atoms with E-state index < -0.39 is 11.7 Å². The number of hydrogen-bond acceptors (Lipinski definition) is 3. The topological polar surface area (TPSA) is 24.8 Å². The molecule has 1 aliphatic carbocycles. The monoisotopic (exact) mass is 472 g/mol. The molecule has 1 heterocycles. The lowest BCUT2D eigenvalue weighted by molar-refractivity contribution is -0.138. The Morgan fingerprint density at radius 2 is 1.76 bits per heavy atom. The van der Waals surface area contributed by atoms with E-state index in [1.54, 1.807) is 12.1 Å². The Hall–Kier alpha value is -2.34. The van der Waals surface area contributed by atoms with E-state index in [0.29, 0.717) is 11.1 Å². The number of halogens is 3. The number of oxime groups is 1. The lowest BCUT2D eigenvalue weighted by Crippen LogP contribution is -2.36. The van der Waals surface area contributed by atoms with Crippen molar-refractivity contribution in [3.8, 4) is 0 Å². The van der Waals surface area contributed by atoms with E-state index in [9.17, 15) is 13.2 Å². The Labute approximate surface area is 201 Å². The summed E-state index contributed by atoms with van der Waals surface area (Å²) in [6, 6.07) is 11.0. The van der Waals surface area contributed by atoms with Gasteiger partial charge in [-0.05, 0) is 91.6 Å². The third-order valence-corrected chi connectivity index (χ3v) is 7.25. The highest BCUT2D eigenvalue weighted by Gasteiger charge is 2.35. The Kier molecular flexibility index (Phi) is 7.97. The van der Waals surface area contributed by atoms with E-state index in [4.69, 9.17) is 4.84 Å². The summed E-state index contributed by atoms with van der Waals surface area (Å²) in [6.45, 7) is 7.34. The second kappa shape index (κ2) is 10.9. The van der Waals surface area contributed by atoms with Crippen molar-refractivity contribution in [3.05, 3.63) is 69.8 Å². The van der Waals surface area contributed by atoms with Crippen LogP contribution in [0, 0.1) is 0 Å². The van der Waals surface area contributed by atoms with E-state index in [-0.39, 0.29) is 12.5 Å². The van der Waals surface area contributed by atoms with Crippen molar-refractivity contribution in [1.29, 1.82) is 0 Å². The molecule has 34 heavy (non-hydrogen) atoms. The highest BCUT2D eigenvalue weighted by Crippen LogP contribution is 2.41. The molecule has 2 fully saturated rings. The molecule has 0 atom stereocenters. The Morgan fingerprint density at radius 3 is 2.41 bits per heavy atom. The van der Waals surface area contributed by atoms with Crippen LogP contribution in [0.2, 0.25) is 0 Å². The first-order chi connectivity index (χ1) is 16.3. The minimum atomic E-state index is -4.36. The van der Waals surface area contributed by atoms with Crippen LogP contribution in [-0.4, -0.2) is 23.7 Å². The average Bonchev–Trinajstić information content (AvgIpc) is 2.81. The predicted octanol–water partition coefficient (Wildman–Crippen LogP) is 7.46. The normalized spacial score (nSPS) is 18.1. The summed E-state index contributed by atoms with van der Waals surface area (Å²) < 4.78 is 41.4. The molecule has 0 bridgehead atoms. The van der Waals surface area contributed by atoms with Gasteiger partial charge in [0.1, 0.15) is 6.61 Å². The Bertz CT molecular complexity index is 1010. The lowest BCUT2D eigenvalue weighted by atomic mass is 9.81. The van der Waals surface area contributed by atoms with Crippen LogP contribution in [0.5, 0.6) is 0 Å². The highest BCUT2D eigenvalue weighted by molar-refractivity contribution is 5.98. The summed E-state index contributed by atoms with van der Waals surface area (Å²) in [4.78, 5) is 7.93. The Balaban J connectivity index is 1.44. The summed E-state index contributed by atoms with van der Waals surface area (Å²) in [5, 5.41) is 4.21. The molecule has 3 nitrogen and oxygen atoms in total. The van der Waals surface area contributed by atoms with E-state index in [1.165, 1.54) is 23.6 Å². The standard InChI is InChI=1S/C28H35F3N2O/c1-3-22-17-24(11-12-25(22)18-33-14-7-15-33)20(2)32-34-19-21-10-13-26(23-8-5-4-6-9-23)27(16-21)28(29,30)31/h10-13,16-17,23H,3-9,14-15,18-19H2,1-2H3/b32-20+. The van der Waals surface area contributed by atoms with Crippen LogP contribution < -0.4 is 0 Å². The lowest BCUT2D eigenvalue weighted by Gasteiger charge is -2.31. The summed E-state index contributed by atoms with van der Waals surface area (Å²) in [5.41, 5.74) is 4.74. The van der Waals surface area contributed by atoms with Gasteiger partial charge in [0.25, 0.3) is 0 Å². The third kappa shape index (κ3) is 6.01. The molecule has 0 amide bonds. The fraction of sp³-hybridized carbons (Fsp3) is 0.536. The van der Waals surface area contributed by atoms with E-state index >= 15 is 0 Å². The maximum atomic E-state index is 13.8. The number of likely N-dealkylation sites (tertiary alicyclic amines) is 1. The molecule has 2 aromatic carbocycles. The van der Waals surface area contributed by atoms with Gasteiger partial charge in [-0.25, -0.2) is 0 Å². The molecule has 4 rings (SSSR count). The molecule has 1 saturated carbocycles. The maximum Gasteiger partial charge on any atom is 0.416 e. The smallest absolute Gasteiger partial charge is 0.391 e. The largest absolute Gasteiger partial charge is 0.416 e. The van der Waals surface area contributed by atoms with Gasteiger partial charge < -0.3 is 4.84 Å². The van der Waals surface area contributed by atoms with Crippen molar-refractivity contribution in [1.82, 2.24) is 4.90 Å². The van der Waals surface area contributed by atoms with Gasteiger partial charge in [0.05, 0.1) is 11.3 Å². The van der Waals surface area contributed by atoms with Crippen LogP contribution in [0.25, 0.3) is 0 Å². The van der Waals surface area contributed by atoms with Gasteiger partial charge in [-0.15, -0.1) is 0 Å². The molecule has 1 aliphatic heterocycles. The quantitative estimate of drug-likeness (QED) is 0.294. The van der Waals surface area contributed by atoms with Crippen LogP contribution in [0.3, 0.4) is 0 Å². The first-order valence-corrected chi connectivity index (χ1v) is 12.6. The van der Waals surface area contributed by atoms with Crippen molar-refractivity contribution in [3.63, 3.8) is 0 Å². The van der Waals surface area contributed by atoms with Gasteiger partial charge in [-0.3, -0.25) is 4.90 Å². The number of nitrogens with zero attached hydrogens (tertiary/aromatic N) is 2. The second-order valence-electron chi connectivity index (χ2n) is 9.67. The minimum absolute atomic E-state index is 0.00238. The zero-order chi connectivity index (χ0) is 24.1. The van der Waals surface area contributed by atoms with Gasteiger partial charge in [0.2, 0.25) is 0 Å². The van der Waals surface area contributed by atoms with Crippen LogP contribution in [0.1, 0.15) is 91.7 Å². The maximum absolute atomic E-state index is 13.8. The minimum Gasteiger partial charge on any atom is -0.391 e. The number of rotatable bonds is 8. The molecule has 2 aliphatic rings. The van der Waals surface area contributed by atoms with Gasteiger partial charge >= 0.3 is 6.18 Å². The third-order valence-electron chi connectivity index (χ3n) is 7.25. The molecular formula is C28H35F3N2O. The fourth-order valence-electron chi connectivity index (χ4n) is 5.08. The van der Waals surface area contributed by atoms with Gasteiger partial charge in [-0.1, -0.05) is 55.6 Å². The van der Waals surface area contributed by atoms with Crippen molar-refractivity contribution in [2.75, 3.05) is 13.1 Å². The van der Waals surface area contributed by atoms with Crippen molar-refractivity contribution in [2.45, 2.75) is 84.0 Å². The molecule has 2 aromatic rings. The number of hydrogen-bond donors (Lipinski definition) is 0. The van der Waals surface area contributed by atoms with Crippen LogP contribution >= 0.6 is 0 Å². The number of aryl methyl sites for hydroxylation is 1. The molecule has 0 unspecified atom stereocenters. The van der Waals surface area contributed by atoms with E-state index in [1.807, 2.05) is 6.92 Å². The van der Waals surface area contributed by atoms with E-state index in [2.05, 4.69) is 35.2 Å². The summed E-state index contributed by atoms with van der Waals surface area (Å²) in [6.07, 6.45) is 2.63. The Morgan fingerprint density at radius 1 is 1.00 bits per heavy atom. The van der Waals surface area contributed by atoms with Crippen molar-refractivity contribution >= 4 is 5.71 Å². The SMILES string of the molecule is CCc1cc(/C(C)=N/OCc2ccc(C3CCCCC3)c(C(F)(F)F)c2)ccc1CN1CCC1. The first kappa shape index (κ1) is 24.8. The first-order valence-electron chi connectivity index (χ1n) is 12.6. The summed E-state index contributed by atoms with van der Waals surface area (Å²) >= 11 is 0. The van der Waals surface area contributed by atoms with E-state index in [0.717, 1.165) is 69.4 Å². The average molecular weight is 473 g/mol. The predicted molar refractivity (Wildman–Crippen MR) is 130 cm³/mol. The van der Waals surface area contributed by atoms with Crippen molar-refractivity contribution < 1.29 is 18.0 Å². The molecule has 0 aromatic heterocycles. The van der Waals surface area contributed by atoms with Crippen molar-refractivity contribution in [2.24, 2.45) is 5.16 Å². The van der Waals surface area contributed by atoms with Crippen LogP contribution in [0.15, 0.2) is 41.6 Å². The van der Waals surface area contributed by atoms with Crippen LogP contribution in [-0.2, 0) is 30.6 Å². The molecule has 6 heteroatoms. The zero-order valence-electron chi connectivity index (χ0n) is 20.3. The molecule has 0 spiro atoms. The number of benzene rings is 2. The second-order valence-corrected chi connectivity index (χ2v) is 9.67. The molecule has 1 saturated heterocycles. The molecule has 0 radical (unpaired) electrons. The van der Waals surface area contributed by atoms with Gasteiger partial charge in [0, 0.05) is 6.54 Å².